The molecular weight excluding hydrogens is 314 g/mol. The average molecular weight is 329 g/mol. The summed E-state index contributed by atoms with van der Waals surface area (Å²) in [5, 5.41) is 2.33. The predicted molar refractivity (Wildman–Crippen MR) is 84.3 cm³/mol. The van der Waals surface area contributed by atoms with E-state index in [4.69, 9.17) is 5.73 Å². The fraction of sp³-hybridized carbons (Fsp3) is 0.125. The van der Waals surface area contributed by atoms with Crippen LogP contribution in [-0.4, -0.2) is 4.98 Å². The maximum absolute atomic E-state index is 5.79. The Morgan fingerprint density at radius 1 is 1.20 bits per heavy atom. The number of hydrogen-bond acceptors (Lipinski definition) is 2. The lowest BCUT2D eigenvalue weighted by Crippen LogP contribution is -2.37. The lowest BCUT2D eigenvalue weighted by Gasteiger charge is -2.05. The van der Waals surface area contributed by atoms with Gasteiger partial charge in [-0.3, -0.25) is 4.98 Å². The van der Waals surface area contributed by atoms with Crippen molar-refractivity contribution in [3.8, 4) is 0 Å². The summed E-state index contributed by atoms with van der Waals surface area (Å²) in [4.78, 5) is 4.18. The smallest absolute Gasteiger partial charge is 0.180 e. The van der Waals surface area contributed by atoms with Gasteiger partial charge in [-0.1, -0.05) is 12.1 Å². The molecule has 0 aliphatic carbocycles. The van der Waals surface area contributed by atoms with E-state index in [2.05, 4.69) is 50.6 Å². The number of aryl methyl sites for hydroxylation is 1. The number of rotatable bonds is 2. The van der Waals surface area contributed by atoms with Crippen LogP contribution in [0.2, 0.25) is 0 Å². The first kappa shape index (κ1) is 13.1. The topological polar surface area (TPSA) is 42.8 Å². The van der Waals surface area contributed by atoms with Gasteiger partial charge in [-0.25, -0.2) is 0 Å². The number of hydrogen-bond donors (Lipinski definition) is 1. The molecule has 2 heterocycles. The van der Waals surface area contributed by atoms with E-state index in [1.807, 2.05) is 30.7 Å². The molecule has 0 unspecified atom stereocenters. The molecule has 0 aliphatic heterocycles. The lowest BCUT2D eigenvalue weighted by atomic mass is 10.1. The molecule has 1 aromatic carbocycles. The Hall–Kier alpha value is -1.94. The van der Waals surface area contributed by atoms with Crippen LogP contribution in [0.1, 0.15) is 11.3 Å². The minimum absolute atomic E-state index is 0.797. The number of fused-ring (bicyclic) bond motifs is 1. The van der Waals surface area contributed by atoms with E-state index in [0.717, 1.165) is 27.8 Å². The average Bonchev–Trinajstić information content (AvgIpc) is 2.43. The Labute approximate surface area is 126 Å². The molecule has 0 saturated carbocycles. The number of anilines is 1. The number of benzene rings is 1. The summed E-state index contributed by atoms with van der Waals surface area (Å²) >= 11 is 3.55. The third-order valence-electron chi connectivity index (χ3n) is 3.40. The molecule has 4 heteroatoms. The summed E-state index contributed by atoms with van der Waals surface area (Å²) in [7, 11) is 0. The number of nitrogen functional groups attached to an aromatic ring is 1. The molecule has 0 amide bonds. The molecule has 0 atom stereocenters. The van der Waals surface area contributed by atoms with Gasteiger partial charge in [0.1, 0.15) is 0 Å². The fourth-order valence-electron chi connectivity index (χ4n) is 2.31. The van der Waals surface area contributed by atoms with Crippen LogP contribution in [0.15, 0.2) is 53.4 Å². The third-order valence-corrected chi connectivity index (χ3v) is 4.04. The number of halogens is 1. The summed E-state index contributed by atoms with van der Waals surface area (Å²) in [6.45, 7) is 2.90. The molecule has 100 valence electrons. The summed E-state index contributed by atoms with van der Waals surface area (Å²) in [5.74, 6) is 0. The molecule has 20 heavy (non-hydrogen) atoms. The van der Waals surface area contributed by atoms with E-state index in [1.54, 1.807) is 0 Å². The molecule has 3 rings (SSSR count). The first-order valence-corrected chi connectivity index (χ1v) is 7.20. The molecular formula is C16H15BrN3+. The summed E-state index contributed by atoms with van der Waals surface area (Å²) in [6.07, 6.45) is 5.73. The fourth-order valence-corrected chi connectivity index (χ4v) is 2.78. The van der Waals surface area contributed by atoms with E-state index in [9.17, 15) is 0 Å². The van der Waals surface area contributed by atoms with Gasteiger partial charge in [0.25, 0.3) is 0 Å². The van der Waals surface area contributed by atoms with Gasteiger partial charge in [-0.2, -0.15) is 4.57 Å². The second kappa shape index (κ2) is 5.21. The molecule has 0 radical (unpaired) electrons. The Kier molecular flexibility index (Phi) is 3.40. The van der Waals surface area contributed by atoms with Gasteiger partial charge >= 0.3 is 0 Å². The zero-order chi connectivity index (χ0) is 14.1. The van der Waals surface area contributed by atoms with Crippen LogP contribution < -0.4 is 10.3 Å². The van der Waals surface area contributed by atoms with Crippen molar-refractivity contribution in [2.75, 3.05) is 5.73 Å². The molecule has 2 aromatic heterocycles. The largest absolute Gasteiger partial charge is 0.398 e. The van der Waals surface area contributed by atoms with Crippen molar-refractivity contribution in [2.24, 2.45) is 0 Å². The first-order valence-electron chi connectivity index (χ1n) is 6.41. The molecule has 0 fully saturated rings. The number of nitrogens with zero attached hydrogens (tertiary/aromatic N) is 2. The standard InChI is InChI=1S/C16H14BrN3/c1-11-6-14(18)4-5-20(11)10-12-2-3-13-8-19-9-16(17)15(13)7-12/h2-9,18H,10H2,1H3/p+1. The maximum Gasteiger partial charge on any atom is 0.180 e. The van der Waals surface area contributed by atoms with Gasteiger partial charge in [0, 0.05) is 52.6 Å². The Morgan fingerprint density at radius 2 is 2.05 bits per heavy atom. The monoisotopic (exact) mass is 328 g/mol. The van der Waals surface area contributed by atoms with Crippen LogP contribution in [-0.2, 0) is 6.54 Å². The highest BCUT2D eigenvalue weighted by molar-refractivity contribution is 9.10. The van der Waals surface area contributed by atoms with Crippen molar-refractivity contribution in [3.63, 3.8) is 0 Å². The SMILES string of the molecule is Cc1cc(N)cc[n+]1Cc1ccc2cncc(Br)c2c1. The minimum atomic E-state index is 0.797. The van der Waals surface area contributed by atoms with Crippen LogP contribution >= 0.6 is 15.9 Å². The second-order valence-corrected chi connectivity index (χ2v) is 5.76. The van der Waals surface area contributed by atoms with Crippen molar-refractivity contribution in [1.82, 2.24) is 4.98 Å². The Balaban J connectivity index is 2.00. The highest BCUT2D eigenvalue weighted by Crippen LogP contribution is 2.23. The van der Waals surface area contributed by atoms with Crippen LogP contribution in [0.3, 0.4) is 0 Å². The minimum Gasteiger partial charge on any atom is -0.398 e. The molecule has 0 spiro atoms. The van der Waals surface area contributed by atoms with Gasteiger partial charge < -0.3 is 5.73 Å². The Morgan fingerprint density at radius 3 is 2.85 bits per heavy atom. The first-order chi connectivity index (χ1) is 9.63. The summed E-state index contributed by atoms with van der Waals surface area (Å²) in [6, 6.07) is 10.4. The second-order valence-electron chi connectivity index (χ2n) is 4.91. The van der Waals surface area contributed by atoms with E-state index >= 15 is 0 Å². The molecule has 0 bridgehead atoms. The number of pyridine rings is 2. The van der Waals surface area contributed by atoms with Gasteiger partial charge in [-0.15, -0.1) is 0 Å². The quantitative estimate of drug-likeness (QED) is 0.734. The van der Waals surface area contributed by atoms with E-state index < -0.39 is 0 Å². The van der Waals surface area contributed by atoms with E-state index in [0.29, 0.717) is 0 Å². The summed E-state index contributed by atoms with van der Waals surface area (Å²) in [5.41, 5.74) is 8.99. The van der Waals surface area contributed by atoms with Gasteiger partial charge in [0.05, 0.1) is 0 Å². The summed E-state index contributed by atoms with van der Waals surface area (Å²) < 4.78 is 3.21. The highest BCUT2D eigenvalue weighted by Gasteiger charge is 2.09. The van der Waals surface area contributed by atoms with Crippen molar-refractivity contribution < 1.29 is 4.57 Å². The molecule has 0 saturated heterocycles. The van der Waals surface area contributed by atoms with Gasteiger partial charge in [0.2, 0.25) is 0 Å². The van der Waals surface area contributed by atoms with Crippen LogP contribution in [0, 0.1) is 6.92 Å². The third kappa shape index (κ3) is 2.51. The van der Waals surface area contributed by atoms with Gasteiger partial charge in [0.15, 0.2) is 18.4 Å². The molecule has 3 aromatic rings. The highest BCUT2D eigenvalue weighted by atomic mass is 79.9. The normalized spacial score (nSPS) is 10.9. The molecule has 3 nitrogen and oxygen atoms in total. The van der Waals surface area contributed by atoms with Crippen molar-refractivity contribution in [1.29, 1.82) is 0 Å². The molecule has 0 aliphatic rings. The number of aromatic nitrogens is 2. The van der Waals surface area contributed by atoms with E-state index in [1.165, 1.54) is 10.9 Å². The van der Waals surface area contributed by atoms with E-state index in [-0.39, 0.29) is 0 Å². The van der Waals surface area contributed by atoms with Gasteiger partial charge in [-0.05, 0) is 27.4 Å². The van der Waals surface area contributed by atoms with Crippen molar-refractivity contribution in [3.05, 3.63) is 64.7 Å². The van der Waals surface area contributed by atoms with Crippen LogP contribution in [0.5, 0.6) is 0 Å². The van der Waals surface area contributed by atoms with Crippen LogP contribution in [0.4, 0.5) is 5.69 Å². The Bertz CT molecular complexity index is 784. The lowest BCUT2D eigenvalue weighted by molar-refractivity contribution is -0.694. The van der Waals surface area contributed by atoms with Crippen molar-refractivity contribution >= 4 is 32.4 Å². The maximum atomic E-state index is 5.79. The number of nitrogens with two attached hydrogens (primary N) is 1. The van der Waals surface area contributed by atoms with Crippen molar-refractivity contribution in [2.45, 2.75) is 13.5 Å². The predicted octanol–water partition coefficient (Wildman–Crippen LogP) is 3.22. The zero-order valence-electron chi connectivity index (χ0n) is 11.2. The molecule has 2 N–H and O–H groups in total. The van der Waals surface area contributed by atoms with Crippen LogP contribution in [0.25, 0.3) is 10.8 Å². The zero-order valence-corrected chi connectivity index (χ0v) is 12.8.